The maximum Gasteiger partial charge on any atom is 0.410 e. The number of hydrogen-bond donors (Lipinski definition) is 1. The highest BCUT2D eigenvalue weighted by Crippen LogP contribution is 2.22. The number of nitrogens with one attached hydrogen (secondary N) is 1. The van der Waals surface area contributed by atoms with Crippen LogP contribution in [0.3, 0.4) is 0 Å². The number of nitro groups is 1. The molecule has 1 aromatic carbocycles. The van der Waals surface area contributed by atoms with E-state index in [0.29, 0.717) is 5.56 Å². The van der Waals surface area contributed by atoms with Crippen molar-refractivity contribution < 1.29 is 19.2 Å². The summed E-state index contributed by atoms with van der Waals surface area (Å²) in [6.07, 6.45) is -0.556. The zero-order valence-electron chi connectivity index (χ0n) is 13.2. The quantitative estimate of drug-likeness (QED) is 0.663. The molecule has 1 atom stereocenters. The summed E-state index contributed by atoms with van der Waals surface area (Å²) in [6.45, 7) is 5.44. The minimum Gasteiger partial charge on any atom is -0.444 e. The van der Waals surface area contributed by atoms with Gasteiger partial charge in [0.05, 0.1) is 11.0 Å². The van der Waals surface area contributed by atoms with Gasteiger partial charge in [-0.05, 0) is 26.3 Å². The molecule has 2 amide bonds. The normalized spacial score (nSPS) is 18.3. The van der Waals surface area contributed by atoms with Gasteiger partial charge in [-0.15, -0.1) is 0 Å². The van der Waals surface area contributed by atoms with Crippen molar-refractivity contribution in [2.75, 3.05) is 13.1 Å². The molecule has 1 N–H and O–H groups in total. The van der Waals surface area contributed by atoms with E-state index in [0.717, 1.165) is 0 Å². The number of nitro benzene ring substituents is 1. The molecule has 1 fully saturated rings. The summed E-state index contributed by atoms with van der Waals surface area (Å²) in [5.74, 6) is -0.300. The van der Waals surface area contributed by atoms with Crippen molar-refractivity contribution in [2.45, 2.75) is 32.4 Å². The van der Waals surface area contributed by atoms with E-state index in [2.05, 4.69) is 5.32 Å². The Kier molecular flexibility index (Phi) is 4.53. The van der Waals surface area contributed by atoms with Crippen molar-refractivity contribution in [1.82, 2.24) is 10.2 Å². The molecular weight excluding hydrogens is 302 g/mol. The first-order chi connectivity index (χ1) is 10.7. The maximum absolute atomic E-state index is 12.1. The molecule has 2 rings (SSSR count). The molecule has 8 heteroatoms. The van der Waals surface area contributed by atoms with E-state index in [9.17, 15) is 19.7 Å². The van der Waals surface area contributed by atoms with Crippen LogP contribution in [0.5, 0.6) is 0 Å². The summed E-state index contributed by atoms with van der Waals surface area (Å²) in [4.78, 5) is 35.5. The number of nitrogens with zero attached hydrogens (tertiary/aromatic N) is 2. The lowest BCUT2D eigenvalue weighted by atomic mass is 10.0. The van der Waals surface area contributed by atoms with E-state index in [4.69, 9.17) is 4.74 Å². The van der Waals surface area contributed by atoms with E-state index >= 15 is 0 Å². The minimum atomic E-state index is -0.645. The van der Waals surface area contributed by atoms with E-state index in [1.807, 2.05) is 0 Å². The molecule has 124 valence electrons. The van der Waals surface area contributed by atoms with Gasteiger partial charge in [-0.2, -0.15) is 0 Å². The van der Waals surface area contributed by atoms with Crippen LogP contribution in [0.4, 0.5) is 10.5 Å². The lowest BCUT2D eigenvalue weighted by molar-refractivity contribution is -0.384. The van der Waals surface area contributed by atoms with Crippen molar-refractivity contribution in [2.24, 2.45) is 0 Å². The summed E-state index contributed by atoms with van der Waals surface area (Å²) in [6, 6.07) is 5.45. The van der Waals surface area contributed by atoms with Crippen LogP contribution in [-0.4, -0.2) is 40.5 Å². The zero-order chi connectivity index (χ0) is 17.2. The fourth-order valence-corrected chi connectivity index (χ4v) is 2.23. The van der Waals surface area contributed by atoms with Crippen molar-refractivity contribution in [3.05, 3.63) is 39.9 Å². The number of benzene rings is 1. The fourth-order valence-electron chi connectivity index (χ4n) is 2.23. The van der Waals surface area contributed by atoms with E-state index in [1.165, 1.54) is 17.0 Å². The van der Waals surface area contributed by atoms with Gasteiger partial charge in [0.1, 0.15) is 12.1 Å². The lowest BCUT2D eigenvalue weighted by Crippen LogP contribution is -2.52. The highest BCUT2D eigenvalue weighted by atomic mass is 16.6. The van der Waals surface area contributed by atoms with Crippen LogP contribution >= 0.6 is 0 Å². The average molecular weight is 321 g/mol. The van der Waals surface area contributed by atoms with Crippen molar-refractivity contribution in [3.8, 4) is 0 Å². The van der Waals surface area contributed by atoms with Crippen molar-refractivity contribution in [3.63, 3.8) is 0 Å². The first-order valence-electron chi connectivity index (χ1n) is 7.17. The molecule has 1 aromatic rings. The molecule has 0 radical (unpaired) electrons. The average Bonchev–Trinajstić information content (AvgIpc) is 2.45. The van der Waals surface area contributed by atoms with Crippen LogP contribution < -0.4 is 5.32 Å². The topological polar surface area (TPSA) is 102 Å². The summed E-state index contributed by atoms with van der Waals surface area (Å²) >= 11 is 0. The Bertz CT molecular complexity index is 621. The first-order valence-corrected chi connectivity index (χ1v) is 7.17. The Morgan fingerprint density at radius 3 is 2.48 bits per heavy atom. The van der Waals surface area contributed by atoms with Crippen LogP contribution in [0.2, 0.25) is 0 Å². The molecular formula is C15H19N3O5. The Hall–Kier alpha value is -2.64. The van der Waals surface area contributed by atoms with Crippen LogP contribution in [0, 0.1) is 10.1 Å². The van der Waals surface area contributed by atoms with Gasteiger partial charge in [0.25, 0.3) is 5.69 Å². The SMILES string of the molecule is CC(C)(C)OC(=O)N1CC(=O)NC(c2ccc([N+](=O)[O-])cc2)C1. The van der Waals surface area contributed by atoms with Crippen molar-refractivity contribution >= 4 is 17.7 Å². The van der Waals surface area contributed by atoms with Gasteiger partial charge in [-0.1, -0.05) is 12.1 Å². The van der Waals surface area contributed by atoms with Crippen LogP contribution in [0.1, 0.15) is 32.4 Å². The number of carbonyl (C=O) groups is 2. The molecule has 1 aliphatic rings. The van der Waals surface area contributed by atoms with E-state index in [1.54, 1.807) is 32.9 Å². The number of non-ortho nitro benzene ring substituents is 1. The predicted octanol–water partition coefficient (Wildman–Crippen LogP) is 2.00. The molecule has 0 bridgehead atoms. The zero-order valence-corrected chi connectivity index (χ0v) is 13.2. The second-order valence-corrected chi connectivity index (χ2v) is 6.33. The molecule has 0 spiro atoms. The summed E-state index contributed by atoms with van der Waals surface area (Å²) in [5.41, 5.74) is 0.0190. The Balaban J connectivity index is 2.12. The Labute approximate surface area is 133 Å². The number of hydrogen-bond acceptors (Lipinski definition) is 5. The third-order valence-corrected chi connectivity index (χ3v) is 3.23. The molecule has 23 heavy (non-hydrogen) atoms. The number of carbonyl (C=O) groups excluding carboxylic acids is 2. The van der Waals surface area contributed by atoms with Gasteiger partial charge in [-0.3, -0.25) is 19.8 Å². The standard InChI is InChI=1S/C15H19N3O5/c1-15(2,3)23-14(20)17-8-12(16-13(19)9-17)10-4-6-11(7-5-10)18(21)22/h4-7,12H,8-9H2,1-3H3,(H,16,19). The molecule has 1 heterocycles. The lowest BCUT2D eigenvalue weighted by Gasteiger charge is -2.34. The molecule has 1 saturated heterocycles. The molecule has 1 aliphatic heterocycles. The predicted molar refractivity (Wildman–Crippen MR) is 81.8 cm³/mol. The summed E-state index contributed by atoms with van der Waals surface area (Å²) in [5, 5.41) is 13.5. The Morgan fingerprint density at radius 2 is 1.96 bits per heavy atom. The first kappa shape index (κ1) is 16.7. The van der Waals surface area contributed by atoms with Crippen LogP contribution in [0.15, 0.2) is 24.3 Å². The van der Waals surface area contributed by atoms with Crippen LogP contribution in [-0.2, 0) is 9.53 Å². The van der Waals surface area contributed by atoms with Crippen molar-refractivity contribution in [1.29, 1.82) is 0 Å². The van der Waals surface area contributed by atoms with Crippen LogP contribution in [0.25, 0.3) is 0 Å². The van der Waals surface area contributed by atoms with Gasteiger partial charge >= 0.3 is 6.09 Å². The van der Waals surface area contributed by atoms with Gasteiger partial charge < -0.3 is 10.1 Å². The second kappa shape index (κ2) is 6.23. The minimum absolute atomic E-state index is 0.0279. The van der Waals surface area contributed by atoms with E-state index < -0.39 is 22.7 Å². The largest absolute Gasteiger partial charge is 0.444 e. The van der Waals surface area contributed by atoms with Gasteiger partial charge in [-0.25, -0.2) is 4.79 Å². The highest BCUT2D eigenvalue weighted by molar-refractivity contribution is 5.84. The van der Waals surface area contributed by atoms with E-state index in [-0.39, 0.29) is 24.7 Å². The number of rotatable bonds is 2. The highest BCUT2D eigenvalue weighted by Gasteiger charge is 2.31. The van der Waals surface area contributed by atoms with Gasteiger partial charge in [0, 0.05) is 18.7 Å². The van der Waals surface area contributed by atoms with Gasteiger partial charge in [0.2, 0.25) is 5.91 Å². The van der Waals surface area contributed by atoms with Gasteiger partial charge in [0.15, 0.2) is 0 Å². The second-order valence-electron chi connectivity index (χ2n) is 6.33. The number of ether oxygens (including phenoxy) is 1. The Morgan fingerprint density at radius 1 is 1.35 bits per heavy atom. The summed E-state index contributed by atoms with van der Waals surface area (Å²) in [7, 11) is 0. The number of piperazine rings is 1. The third kappa shape index (κ3) is 4.41. The summed E-state index contributed by atoms with van der Waals surface area (Å²) < 4.78 is 5.28. The molecule has 0 aliphatic carbocycles. The number of amides is 2. The smallest absolute Gasteiger partial charge is 0.410 e. The fraction of sp³-hybridized carbons (Fsp3) is 0.467. The molecule has 0 saturated carbocycles. The molecule has 1 unspecified atom stereocenters. The maximum atomic E-state index is 12.1. The molecule has 8 nitrogen and oxygen atoms in total. The monoisotopic (exact) mass is 321 g/mol. The molecule has 0 aromatic heterocycles. The third-order valence-electron chi connectivity index (χ3n) is 3.23.